The van der Waals surface area contributed by atoms with E-state index in [1.54, 1.807) is 0 Å². The third-order valence-corrected chi connectivity index (χ3v) is 1.92. The predicted octanol–water partition coefficient (Wildman–Crippen LogP) is 2.57. The summed E-state index contributed by atoms with van der Waals surface area (Å²) in [6, 6.07) is 1.47. The molecule has 1 heterocycles. The van der Waals surface area contributed by atoms with Gasteiger partial charge in [0.05, 0.1) is 24.3 Å². The van der Waals surface area contributed by atoms with E-state index in [9.17, 15) is 22.0 Å². The molecule has 18 heavy (non-hydrogen) atoms. The van der Waals surface area contributed by atoms with Crippen molar-refractivity contribution in [2.75, 3.05) is 5.73 Å². The number of rotatable bonds is 3. The van der Waals surface area contributed by atoms with Crippen LogP contribution in [0.2, 0.25) is 0 Å². The van der Waals surface area contributed by atoms with Gasteiger partial charge < -0.3 is 10.5 Å². The zero-order valence-electron chi connectivity index (χ0n) is 8.63. The molecule has 2 N–H and O–H groups in total. The Bertz CT molecular complexity index is 480. The van der Waals surface area contributed by atoms with Crippen molar-refractivity contribution in [3.05, 3.63) is 17.3 Å². The number of nitriles is 1. The van der Waals surface area contributed by atoms with Gasteiger partial charge in [-0.3, -0.25) is 0 Å². The summed E-state index contributed by atoms with van der Waals surface area (Å²) < 4.78 is 65.0. The molecular weight excluding hydrogens is 261 g/mol. The third kappa shape index (κ3) is 3.19. The fourth-order valence-corrected chi connectivity index (χ4v) is 1.28. The summed E-state index contributed by atoms with van der Waals surface area (Å²) >= 11 is 0. The Kier molecular flexibility index (Phi) is 3.90. The number of nitrogens with zero attached hydrogens (tertiary/aromatic N) is 2. The lowest BCUT2D eigenvalue weighted by molar-refractivity contribution is -0.275. The first-order valence-electron chi connectivity index (χ1n) is 4.44. The summed E-state index contributed by atoms with van der Waals surface area (Å²) in [5.41, 5.74) is 3.62. The minimum absolute atomic E-state index is 0.557. The van der Waals surface area contributed by atoms with Crippen molar-refractivity contribution < 1.29 is 26.7 Å². The number of hydrogen-bond acceptors (Lipinski definition) is 4. The Morgan fingerprint density at radius 3 is 2.50 bits per heavy atom. The molecule has 0 aliphatic heterocycles. The lowest BCUT2D eigenvalue weighted by Crippen LogP contribution is -2.19. The highest BCUT2D eigenvalue weighted by molar-refractivity contribution is 5.52. The number of anilines is 1. The van der Waals surface area contributed by atoms with E-state index in [0.717, 1.165) is 0 Å². The molecule has 0 radical (unpaired) electrons. The molecule has 0 amide bonds. The zero-order chi connectivity index (χ0) is 13.9. The molecule has 0 aliphatic carbocycles. The van der Waals surface area contributed by atoms with Crippen LogP contribution in [0.5, 0.6) is 5.75 Å². The number of ether oxygens (including phenoxy) is 1. The van der Waals surface area contributed by atoms with Crippen LogP contribution < -0.4 is 10.5 Å². The van der Waals surface area contributed by atoms with Gasteiger partial charge in [-0.1, -0.05) is 0 Å². The summed E-state index contributed by atoms with van der Waals surface area (Å²) in [5, 5.41) is 8.45. The molecule has 0 aromatic carbocycles. The van der Waals surface area contributed by atoms with E-state index < -0.39 is 41.9 Å². The minimum atomic E-state index is -5.07. The first-order valence-corrected chi connectivity index (χ1v) is 4.44. The van der Waals surface area contributed by atoms with Gasteiger partial charge in [0.25, 0.3) is 6.43 Å². The molecule has 1 aromatic heterocycles. The Labute approximate surface area is 97.8 Å². The quantitative estimate of drug-likeness (QED) is 0.854. The second-order valence-electron chi connectivity index (χ2n) is 3.08. The number of halogens is 5. The Balaban J connectivity index is 3.35. The molecule has 0 spiro atoms. The molecule has 9 heteroatoms. The van der Waals surface area contributed by atoms with Crippen molar-refractivity contribution in [3.63, 3.8) is 0 Å². The maximum absolute atomic E-state index is 12.7. The second kappa shape index (κ2) is 5.03. The van der Waals surface area contributed by atoms with Gasteiger partial charge in [0.1, 0.15) is 5.82 Å². The van der Waals surface area contributed by atoms with Crippen LogP contribution in [0.1, 0.15) is 17.6 Å². The fraction of sp³-hybridized carbons (Fsp3) is 0.333. The summed E-state index contributed by atoms with van der Waals surface area (Å²) in [7, 11) is 0. The molecule has 1 aromatic rings. The monoisotopic (exact) mass is 267 g/mol. The van der Waals surface area contributed by atoms with Crippen molar-refractivity contribution in [2.45, 2.75) is 19.2 Å². The largest absolute Gasteiger partial charge is 0.573 e. The van der Waals surface area contributed by atoms with E-state index in [1.807, 2.05) is 0 Å². The summed E-state index contributed by atoms with van der Waals surface area (Å²) in [5.74, 6) is -1.58. The lowest BCUT2D eigenvalue weighted by atomic mass is 10.1. The van der Waals surface area contributed by atoms with Crippen molar-refractivity contribution in [1.82, 2.24) is 4.98 Å². The molecule has 4 nitrogen and oxygen atoms in total. The van der Waals surface area contributed by atoms with Crippen LogP contribution in [0.3, 0.4) is 0 Å². The highest BCUT2D eigenvalue weighted by Crippen LogP contribution is 2.35. The lowest BCUT2D eigenvalue weighted by Gasteiger charge is -2.15. The van der Waals surface area contributed by atoms with Gasteiger partial charge in [0, 0.05) is 5.56 Å². The topological polar surface area (TPSA) is 71.9 Å². The standard InChI is InChI=1S/C9H6F5N3O/c10-7(11)6-4(1-2-15)5(3-17-8(6)16)18-9(12,13)14/h3,7H,1H2,(H2,16,17). The van der Waals surface area contributed by atoms with Crippen LogP contribution in [0.25, 0.3) is 0 Å². The molecule has 1 rings (SSSR count). The summed E-state index contributed by atoms with van der Waals surface area (Å²) in [4.78, 5) is 3.19. The maximum Gasteiger partial charge on any atom is 0.573 e. The van der Waals surface area contributed by atoms with Gasteiger partial charge in [-0.15, -0.1) is 13.2 Å². The smallest absolute Gasteiger partial charge is 0.404 e. The van der Waals surface area contributed by atoms with Crippen LogP contribution in [0.4, 0.5) is 27.8 Å². The van der Waals surface area contributed by atoms with Gasteiger partial charge in [-0.05, 0) is 0 Å². The Morgan fingerprint density at radius 2 is 2.06 bits per heavy atom. The molecule has 0 saturated heterocycles. The van der Waals surface area contributed by atoms with Gasteiger partial charge >= 0.3 is 6.36 Å². The van der Waals surface area contributed by atoms with Crippen molar-refractivity contribution in [2.24, 2.45) is 0 Å². The molecule has 0 fully saturated rings. The van der Waals surface area contributed by atoms with Crippen molar-refractivity contribution in [1.29, 1.82) is 5.26 Å². The minimum Gasteiger partial charge on any atom is -0.404 e. The molecule has 0 saturated carbocycles. The van der Waals surface area contributed by atoms with E-state index in [1.165, 1.54) is 6.07 Å². The van der Waals surface area contributed by atoms with Crippen LogP contribution in [-0.2, 0) is 6.42 Å². The molecular formula is C9H6F5N3O. The van der Waals surface area contributed by atoms with Crippen molar-refractivity contribution >= 4 is 5.82 Å². The highest BCUT2D eigenvalue weighted by Gasteiger charge is 2.34. The van der Waals surface area contributed by atoms with Gasteiger partial charge in [-0.2, -0.15) is 5.26 Å². The van der Waals surface area contributed by atoms with Crippen LogP contribution >= 0.6 is 0 Å². The molecule has 0 bridgehead atoms. The summed E-state index contributed by atoms with van der Waals surface area (Å²) in [6.45, 7) is 0. The van der Waals surface area contributed by atoms with E-state index in [-0.39, 0.29) is 0 Å². The number of aromatic nitrogens is 1. The fourth-order valence-electron chi connectivity index (χ4n) is 1.28. The predicted molar refractivity (Wildman–Crippen MR) is 49.6 cm³/mol. The Hall–Kier alpha value is -2.11. The van der Waals surface area contributed by atoms with E-state index in [2.05, 4.69) is 9.72 Å². The van der Waals surface area contributed by atoms with Crippen LogP contribution in [-0.4, -0.2) is 11.3 Å². The number of alkyl halides is 5. The SMILES string of the molecule is N#CCc1c(OC(F)(F)F)cnc(N)c1C(F)F. The molecule has 0 atom stereocenters. The highest BCUT2D eigenvalue weighted by atomic mass is 19.4. The first-order chi connectivity index (χ1) is 8.26. The van der Waals surface area contributed by atoms with E-state index in [4.69, 9.17) is 11.0 Å². The normalized spacial score (nSPS) is 11.4. The average molecular weight is 267 g/mol. The maximum atomic E-state index is 12.7. The molecule has 98 valence electrons. The number of nitrogens with two attached hydrogens (primary N) is 1. The molecule has 0 aliphatic rings. The van der Waals surface area contributed by atoms with Gasteiger partial charge in [-0.25, -0.2) is 13.8 Å². The summed E-state index contributed by atoms with van der Waals surface area (Å²) in [6.07, 6.45) is -8.36. The van der Waals surface area contributed by atoms with Crippen LogP contribution in [0.15, 0.2) is 6.20 Å². The van der Waals surface area contributed by atoms with Gasteiger partial charge in [0.15, 0.2) is 5.75 Å². The number of nitrogen functional groups attached to an aromatic ring is 1. The average Bonchev–Trinajstić information content (AvgIpc) is 2.20. The van der Waals surface area contributed by atoms with E-state index in [0.29, 0.717) is 6.20 Å². The molecule has 0 unspecified atom stereocenters. The Morgan fingerprint density at radius 1 is 1.44 bits per heavy atom. The van der Waals surface area contributed by atoms with Crippen molar-refractivity contribution in [3.8, 4) is 11.8 Å². The van der Waals surface area contributed by atoms with Crippen LogP contribution in [0, 0.1) is 11.3 Å². The van der Waals surface area contributed by atoms with E-state index >= 15 is 0 Å². The zero-order valence-corrected chi connectivity index (χ0v) is 8.63. The number of hydrogen-bond donors (Lipinski definition) is 1. The first kappa shape index (κ1) is 14.0. The van der Waals surface area contributed by atoms with Gasteiger partial charge in [0.2, 0.25) is 0 Å². The third-order valence-electron chi connectivity index (χ3n) is 1.92. The number of pyridine rings is 1. The second-order valence-corrected chi connectivity index (χ2v) is 3.08.